The van der Waals surface area contributed by atoms with Gasteiger partial charge in [-0.1, -0.05) is 6.92 Å². The Morgan fingerprint density at radius 1 is 1.32 bits per heavy atom. The number of rotatable bonds is 3. The fourth-order valence-electron chi connectivity index (χ4n) is 2.68. The number of amides is 1. The van der Waals surface area contributed by atoms with Crippen LogP contribution in [0.4, 0.5) is 0 Å². The Morgan fingerprint density at radius 3 is 2.86 bits per heavy atom. The maximum Gasteiger partial charge on any atom is 0.346 e. The number of hydrogen-bond donors (Lipinski definition) is 0. The second-order valence-corrected chi connectivity index (χ2v) is 5.55. The zero-order valence-electron chi connectivity index (χ0n) is 12.8. The SMILES string of the molecule is CCCn1nc2n(c1=O)CCN(C(=O)c1cncc(C)c1)C2. The number of fused-ring (bicyclic) bond motifs is 1. The average molecular weight is 301 g/mol. The number of hydrogen-bond acceptors (Lipinski definition) is 4. The van der Waals surface area contributed by atoms with Gasteiger partial charge < -0.3 is 4.90 Å². The van der Waals surface area contributed by atoms with E-state index in [0.29, 0.717) is 37.6 Å². The second-order valence-electron chi connectivity index (χ2n) is 5.55. The molecule has 0 N–H and O–H groups in total. The monoisotopic (exact) mass is 301 g/mol. The van der Waals surface area contributed by atoms with Crippen molar-refractivity contribution in [1.82, 2.24) is 24.2 Å². The highest BCUT2D eigenvalue weighted by Gasteiger charge is 2.25. The summed E-state index contributed by atoms with van der Waals surface area (Å²) in [5, 5.41) is 4.34. The van der Waals surface area contributed by atoms with E-state index in [4.69, 9.17) is 0 Å². The Morgan fingerprint density at radius 2 is 2.14 bits per heavy atom. The van der Waals surface area contributed by atoms with Crippen molar-refractivity contribution in [2.24, 2.45) is 0 Å². The van der Waals surface area contributed by atoms with E-state index in [-0.39, 0.29) is 11.6 Å². The molecule has 0 unspecified atom stereocenters. The van der Waals surface area contributed by atoms with Crippen LogP contribution in [0.5, 0.6) is 0 Å². The third-order valence-corrected chi connectivity index (χ3v) is 3.77. The maximum absolute atomic E-state index is 12.5. The van der Waals surface area contributed by atoms with E-state index in [1.165, 1.54) is 4.68 Å². The molecule has 7 heteroatoms. The summed E-state index contributed by atoms with van der Waals surface area (Å²) in [5.74, 6) is 0.582. The van der Waals surface area contributed by atoms with Crippen LogP contribution in [0.2, 0.25) is 0 Å². The van der Waals surface area contributed by atoms with Crippen molar-refractivity contribution in [1.29, 1.82) is 0 Å². The summed E-state index contributed by atoms with van der Waals surface area (Å²) in [6.45, 7) is 5.88. The smallest absolute Gasteiger partial charge is 0.329 e. The highest BCUT2D eigenvalue weighted by atomic mass is 16.2. The molecular formula is C15H19N5O2. The zero-order chi connectivity index (χ0) is 15.7. The Labute approximate surface area is 128 Å². The Hall–Kier alpha value is -2.44. The molecule has 2 aromatic rings. The number of carbonyl (C=O) groups is 1. The summed E-state index contributed by atoms with van der Waals surface area (Å²) >= 11 is 0. The van der Waals surface area contributed by atoms with Gasteiger partial charge in [0.25, 0.3) is 5.91 Å². The van der Waals surface area contributed by atoms with Gasteiger partial charge in [-0.3, -0.25) is 14.3 Å². The maximum atomic E-state index is 12.5. The molecule has 0 bridgehead atoms. The number of nitrogens with zero attached hydrogens (tertiary/aromatic N) is 5. The van der Waals surface area contributed by atoms with Gasteiger partial charge >= 0.3 is 5.69 Å². The molecule has 3 heterocycles. The van der Waals surface area contributed by atoms with Crippen LogP contribution in [0.15, 0.2) is 23.3 Å². The van der Waals surface area contributed by atoms with Crippen LogP contribution in [-0.2, 0) is 19.6 Å². The molecule has 0 saturated heterocycles. The fourth-order valence-corrected chi connectivity index (χ4v) is 2.68. The molecule has 0 atom stereocenters. The summed E-state index contributed by atoms with van der Waals surface area (Å²) in [6.07, 6.45) is 4.15. The predicted molar refractivity (Wildman–Crippen MR) is 80.5 cm³/mol. The van der Waals surface area contributed by atoms with Gasteiger partial charge in [0.1, 0.15) is 0 Å². The molecule has 2 aromatic heterocycles. The van der Waals surface area contributed by atoms with Crippen molar-refractivity contribution < 1.29 is 4.79 Å². The van der Waals surface area contributed by atoms with Gasteiger partial charge in [0.15, 0.2) is 5.82 Å². The first-order chi connectivity index (χ1) is 10.6. The molecular weight excluding hydrogens is 282 g/mol. The summed E-state index contributed by atoms with van der Waals surface area (Å²) in [6, 6.07) is 1.83. The van der Waals surface area contributed by atoms with Gasteiger partial charge in [-0.15, -0.1) is 0 Å². The first-order valence-corrected chi connectivity index (χ1v) is 7.47. The number of pyridine rings is 1. The van der Waals surface area contributed by atoms with E-state index in [0.717, 1.165) is 12.0 Å². The third kappa shape index (κ3) is 2.54. The number of aromatic nitrogens is 4. The quantitative estimate of drug-likeness (QED) is 0.841. The van der Waals surface area contributed by atoms with E-state index in [9.17, 15) is 9.59 Å². The molecule has 0 saturated carbocycles. The molecule has 1 amide bonds. The van der Waals surface area contributed by atoms with Crippen LogP contribution in [0.25, 0.3) is 0 Å². The molecule has 0 spiro atoms. The minimum atomic E-state index is -0.0822. The van der Waals surface area contributed by atoms with Crippen LogP contribution in [0, 0.1) is 6.92 Å². The van der Waals surface area contributed by atoms with Crippen LogP contribution < -0.4 is 5.69 Å². The fraction of sp³-hybridized carbons (Fsp3) is 0.467. The van der Waals surface area contributed by atoms with Crippen molar-refractivity contribution in [3.63, 3.8) is 0 Å². The average Bonchev–Trinajstić information content (AvgIpc) is 2.83. The molecule has 7 nitrogen and oxygen atoms in total. The second kappa shape index (κ2) is 5.75. The van der Waals surface area contributed by atoms with Gasteiger partial charge in [0, 0.05) is 32.0 Å². The van der Waals surface area contributed by atoms with Crippen LogP contribution in [-0.4, -0.2) is 36.7 Å². The largest absolute Gasteiger partial charge is 0.346 e. The lowest BCUT2D eigenvalue weighted by Gasteiger charge is -2.26. The number of carbonyl (C=O) groups excluding carboxylic acids is 1. The van der Waals surface area contributed by atoms with Crippen LogP contribution in [0.1, 0.15) is 35.1 Å². The van der Waals surface area contributed by atoms with Crippen LogP contribution in [0.3, 0.4) is 0 Å². The molecule has 3 rings (SSSR count). The molecule has 0 fully saturated rings. The normalized spacial score (nSPS) is 14.0. The highest BCUT2D eigenvalue weighted by molar-refractivity contribution is 5.94. The topological polar surface area (TPSA) is 73.0 Å². The molecule has 116 valence electrons. The summed E-state index contributed by atoms with van der Waals surface area (Å²) in [4.78, 5) is 30.5. The van der Waals surface area contributed by atoms with Gasteiger partial charge in [-0.05, 0) is 25.0 Å². The molecule has 22 heavy (non-hydrogen) atoms. The van der Waals surface area contributed by atoms with Gasteiger partial charge in [-0.25, -0.2) is 9.48 Å². The van der Waals surface area contributed by atoms with Crippen molar-refractivity contribution in [3.05, 3.63) is 45.9 Å². The van der Waals surface area contributed by atoms with E-state index < -0.39 is 0 Å². The lowest BCUT2D eigenvalue weighted by Crippen LogP contribution is -2.41. The molecule has 0 radical (unpaired) electrons. The van der Waals surface area contributed by atoms with Crippen LogP contribution >= 0.6 is 0 Å². The Balaban J connectivity index is 1.83. The van der Waals surface area contributed by atoms with E-state index in [1.807, 2.05) is 19.9 Å². The summed E-state index contributed by atoms with van der Waals surface area (Å²) in [7, 11) is 0. The lowest BCUT2D eigenvalue weighted by molar-refractivity contribution is 0.0706. The first-order valence-electron chi connectivity index (χ1n) is 7.47. The van der Waals surface area contributed by atoms with Gasteiger partial charge in [-0.2, -0.15) is 5.10 Å². The molecule has 1 aliphatic rings. The number of aryl methyl sites for hydroxylation is 2. The van der Waals surface area contributed by atoms with E-state index >= 15 is 0 Å². The minimum Gasteiger partial charge on any atom is -0.329 e. The predicted octanol–water partition coefficient (Wildman–Crippen LogP) is 0.814. The minimum absolute atomic E-state index is 0.0695. The van der Waals surface area contributed by atoms with Gasteiger partial charge in [0.2, 0.25) is 0 Å². The first kappa shape index (κ1) is 14.5. The Kier molecular flexibility index (Phi) is 3.79. The lowest BCUT2D eigenvalue weighted by atomic mass is 10.2. The van der Waals surface area contributed by atoms with E-state index in [2.05, 4.69) is 10.1 Å². The standard InChI is InChI=1S/C15H19N5O2/c1-3-4-20-15(22)19-6-5-18(10-13(19)17-20)14(21)12-7-11(2)8-16-9-12/h7-9H,3-6,10H2,1-2H3. The third-order valence-electron chi connectivity index (χ3n) is 3.77. The van der Waals surface area contributed by atoms with Crippen molar-refractivity contribution in [3.8, 4) is 0 Å². The molecule has 0 aliphatic carbocycles. The molecule has 0 aromatic carbocycles. The zero-order valence-corrected chi connectivity index (χ0v) is 12.8. The Bertz CT molecular complexity index is 762. The van der Waals surface area contributed by atoms with Crippen molar-refractivity contribution in [2.45, 2.75) is 39.9 Å². The van der Waals surface area contributed by atoms with Gasteiger partial charge in [0.05, 0.1) is 12.1 Å². The van der Waals surface area contributed by atoms with E-state index in [1.54, 1.807) is 21.9 Å². The van der Waals surface area contributed by atoms with Crippen molar-refractivity contribution >= 4 is 5.91 Å². The summed E-state index contributed by atoms with van der Waals surface area (Å²) < 4.78 is 3.14. The summed E-state index contributed by atoms with van der Waals surface area (Å²) in [5.41, 5.74) is 1.44. The molecule has 1 aliphatic heterocycles. The van der Waals surface area contributed by atoms with Crippen molar-refractivity contribution in [2.75, 3.05) is 6.54 Å². The highest BCUT2D eigenvalue weighted by Crippen LogP contribution is 2.13.